The molecule has 0 aliphatic carbocycles. The summed E-state index contributed by atoms with van der Waals surface area (Å²) in [4.78, 5) is 10.3. The minimum absolute atomic E-state index is 0.0304. The summed E-state index contributed by atoms with van der Waals surface area (Å²) in [7, 11) is -3.47. The maximum absolute atomic E-state index is 10.9. The molecule has 0 bridgehead atoms. The van der Waals surface area contributed by atoms with Crippen molar-refractivity contribution >= 4 is 27.3 Å². The van der Waals surface area contributed by atoms with E-state index in [2.05, 4.69) is 0 Å². The molecule has 0 amide bonds. The van der Waals surface area contributed by atoms with Crippen molar-refractivity contribution in [1.82, 2.24) is 0 Å². The highest BCUT2D eigenvalue weighted by Gasteiger charge is 2.18. The molecule has 1 aromatic carbocycles. The van der Waals surface area contributed by atoms with Crippen LogP contribution in [0.3, 0.4) is 0 Å². The van der Waals surface area contributed by atoms with Crippen LogP contribution in [0.4, 0.5) is 5.69 Å². The van der Waals surface area contributed by atoms with E-state index in [-0.39, 0.29) is 34.7 Å². The summed E-state index contributed by atoms with van der Waals surface area (Å²) in [5, 5.41) is 16.0. The standard InChI is InChI=1S/C12H17ClN2O5S/c1-9(6-8-21(14,18)19)5-7-20-12-10(13)3-2-4-11(12)15(16)17/h2-4,9H,5-8H2,1H3,(H2,14,18,19). The predicted molar refractivity (Wildman–Crippen MR) is 80.0 cm³/mol. The van der Waals surface area contributed by atoms with Crippen molar-refractivity contribution < 1.29 is 18.1 Å². The van der Waals surface area contributed by atoms with Crippen LogP contribution in [-0.4, -0.2) is 25.7 Å². The van der Waals surface area contributed by atoms with Gasteiger partial charge in [0.2, 0.25) is 15.8 Å². The molecule has 0 saturated heterocycles. The van der Waals surface area contributed by atoms with Gasteiger partial charge < -0.3 is 4.74 Å². The minimum atomic E-state index is -3.47. The molecule has 9 heteroatoms. The molecule has 1 aromatic rings. The van der Waals surface area contributed by atoms with Crippen LogP contribution in [0.1, 0.15) is 19.8 Å². The maximum atomic E-state index is 10.9. The van der Waals surface area contributed by atoms with Crippen molar-refractivity contribution in [2.24, 2.45) is 11.1 Å². The molecule has 1 unspecified atom stereocenters. The fourth-order valence-corrected chi connectivity index (χ4v) is 2.61. The van der Waals surface area contributed by atoms with Crippen molar-refractivity contribution in [3.05, 3.63) is 33.3 Å². The molecule has 0 aliphatic heterocycles. The van der Waals surface area contributed by atoms with E-state index in [1.165, 1.54) is 18.2 Å². The molecule has 1 atom stereocenters. The number of hydrogen-bond acceptors (Lipinski definition) is 5. The van der Waals surface area contributed by atoms with Crippen molar-refractivity contribution in [3.63, 3.8) is 0 Å². The lowest BCUT2D eigenvalue weighted by Gasteiger charge is -2.12. The molecule has 21 heavy (non-hydrogen) atoms. The normalized spacial score (nSPS) is 12.9. The van der Waals surface area contributed by atoms with Crippen LogP contribution in [0.25, 0.3) is 0 Å². The second kappa shape index (κ2) is 7.58. The summed E-state index contributed by atoms with van der Waals surface area (Å²) in [5.74, 6) is -0.00637. The first-order valence-electron chi connectivity index (χ1n) is 6.27. The largest absolute Gasteiger partial charge is 0.486 e. The van der Waals surface area contributed by atoms with Gasteiger partial charge in [0.15, 0.2) is 0 Å². The van der Waals surface area contributed by atoms with E-state index >= 15 is 0 Å². The van der Waals surface area contributed by atoms with Gasteiger partial charge in [-0.2, -0.15) is 0 Å². The van der Waals surface area contributed by atoms with Gasteiger partial charge in [-0.3, -0.25) is 10.1 Å². The summed E-state index contributed by atoms with van der Waals surface area (Å²) in [5.41, 5.74) is -0.195. The first kappa shape index (κ1) is 17.7. The van der Waals surface area contributed by atoms with E-state index in [4.69, 9.17) is 21.5 Å². The number of ether oxygens (including phenoxy) is 1. The highest BCUT2D eigenvalue weighted by molar-refractivity contribution is 7.89. The Kier molecular flexibility index (Phi) is 6.38. The first-order valence-corrected chi connectivity index (χ1v) is 8.36. The smallest absolute Gasteiger partial charge is 0.312 e. The van der Waals surface area contributed by atoms with E-state index in [1.807, 2.05) is 6.92 Å². The van der Waals surface area contributed by atoms with Gasteiger partial charge in [-0.15, -0.1) is 0 Å². The predicted octanol–water partition coefficient (Wildman–Crippen LogP) is 2.33. The fraction of sp³-hybridized carbons (Fsp3) is 0.500. The van der Waals surface area contributed by atoms with Gasteiger partial charge in [0.1, 0.15) is 0 Å². The number of para-hydroxylation sites is 1. The number of halogens is 1. The summed E-state index contributed by atoms with van der Waals surface area (Å²) < 4.78 is 27.1. The summed E-state index contributed by atoms with van der Waals surface area (Å²) in [6.07, 6.45) is 0.949. The van der Waals surface area contributed by atoms with E-state index in [9.17, 15) is 18.5 Å². The number of nitrogens with zero attached hydrogens (tertiary/aromatic N) is 1. The third-order valence-corrected chi connectivity index (χ3v) is 4.00. The van der Waals surface area contributed by atoms with Crippen LogP contribution in [0.15, 0.2) is 18.2 Å². The molecule has 0 radical (unpaired) electrons. The monoisotopic (exact) mass is 336 g/mol. The Bertz CT molecular complexity index is 606. The second-order valence-electron chi connectivity index (χ2n) is 4.74. The molecule has 0 aliphatic rings. The molecule has 0 aromatic heterocycles. The van der Waals surface area contributed by atoms with Gasteiger partial charge in [0, 0.05) is 6.07 Å². The maximum Gasteiger partial charge on any atom is 0.312 e. The lowest BCUT2D eigenvalue weighted by atomic mass is 10.1. The molecule has 0 spiro atoms. The Hall–Kier alpha value is -1.38. The van der Waals surface area contributed by atoms with Crippen LogP contribution >= 0.6 is 11.6 Å². The zero-order valence-electron chi connectivity index (χ0n) is 11.5. The van der Waals surface area contributed by atoms with Gasteiger partial charge in [0.05, 0.1) is 22.3 Å². The number of nitro benzene ring substituents is 1. The molecular weight excluding hydrogens is 320 g/mol. The zero-order chi connectivity index (χ0) is 16.0. The number of nitro groups is 1. The van der Waals surface area contributed by atoms with Crippen molar-refractivity contribution in [3.8, 4) is 5.75 Å². The van der Waals surface area contributed by atoms with E-state index < -0.39 is 14.9 Å². The molecule has 118 valence electrons. The van der Waals surface area contributed by atoms with Crippen LogP contribution in [0.2, 0.25) is 5.02 Å². The second-order valence-corrected chi connectivity index (χ2v) is 6.88. The Morgan fingerprint density at radius 3 is 2.67 bits per heavy atom. The summed E-state index contributed by atoms with van der Waals surface area (Å²) in [6, 6.07) is 4.29. The van der Waals surface area contributed by atoms with Gasteiger partial charge >= 0.3 is 5.69 Å². The number of benzene rings is 1. The number of nitrogens with two attached hydrogens (primary N) is 1. The molecule has 2 N–H and O–H groups in total. The van der Waals surface area contributed by atoms with Gasteiger partial charge in [-0.05, 0) is 24.8 Å². The summed E-state index contributed by atoms with van der Waals surface area (Å²) in [6.45, 7) is 2.06. The van der Waals surface area contributed by atoms with Crippen LogP contribution in [-0.2, 0) is 10.0 Å². The lowest BCUT2D eigenvalue weighted by molar-refractivity contribution is -0.385. The highest BCUT2D eigenvalue weighted by Crippen LogP contribution is 2.34. The van der Waals surface area contributed by atoms with E-state index in [1.54, 1.807) is 0 Å². The fourth-order valence-electron chi connectivity index (χ4n) is 1.66. The van der Waals surface area contributed by atoms with Crippen LogP contribution in [0, 0.1) is 16.0 Å². The van der Waals surface area contributed by atoms with Crippen molar-refractivity contribution in [1.29, 1.82) is 0 Å². The van der Waals surface area contributed by atoms with Crippen LogP contribution in [0.5, 0.6) is 5.75 Å². The molecular formula is C12H17ClN2O5S. The quantitative estimate of drug-likeness (QED) is 0.578. The van der Waals surface area contributed by atoms with Crippen molar-refractivity contribution in [2.45, 2.75) is 19.8 Å². The molecule has 0 fully saturated rings. The van der Waals surface area contributed by atoms with Gasteiger partial charge in [-0.25, -0.2) is 13.6 Å². The molecule has 7 nitrogen and oxygen atoms in total. The molecule has 1 rings (SSSR count). The number of rotatable bonds is 8. The number of hydrogen-bond donors (Lipinski definition) is 1. The van der Waals surface area contributed by atoms with Gasteiger partial charge in [0.25, 0.3) is 0 Å². The van der Waals surface area contributed by atoms with Gasteiger partial charge in [-0.1, -0.05) is 24.6 Å². The Morgan fingerprint density at radius 1 is 1.43 bits per heavy atom. The molecule has 0 heterocycles. The average molecular weight is 337 g/mol. The van der Waals surface area contributed by atoms with E-state index in [0.29, 0.717) is 12.8 Å². The minimum Gasteiger partial charge on any atom is -0.486 e. The average Bonchev–Trinajstić information content (AvgIpc) is 2.37. The summed E-state index contributed by atoms with van der Waals surface area (Å²) >= 11 is 5.88. The zero-order valence-corrected chi connectivity index (χ0v) is 13.1. The lowest BCUT2D eigenvalue weighted by Crippen LogP contribution is -2.18. The third-order valence-electron chi connectivity index (χ3n) is 2.90. The first-order chi connectivity index (χ1) is 9.70. The number of primary sulfonamides is 1. The SMILES string of the molecule is CC(CCOc1c(Cl)cccc1[N+](=O)[O-])CCS(N)(=O)=O. The van der Waals surface area contributed by atoms with Crippen molar-refractivity contribution in [2.75, 3.05) is 12.4 Å². The Balaban J connectivity index is 2.55. The highest BCUT2D eigenvalue weighted by atomic mass is 35.5. The Labute approximate surface area is 128 Å². The topological polar surface area (TPSA) is 113 Å². The van der Waals surface area contributed by atoms with Crippen LogP contribution < -0.4 is 9.88 Å². The van der Waals surface area contributed by atoms with E-state index in [0.717, 1.165) is 0 Å². The third kappa shape index (κ3) is 6.28. The molecule has 0 saturated carbocycles. The number of sulfonamides is 1. The Morgan fingerprint density at radius 2 is 2.10 bits per heavy atom.